The molecule has 104 valence electrons. The molecule has 0 bridgehead atoms. The molecule has 1 aliphatic rings. The van der Waals surface area contributed by atoms with E-state index < -0.39 is 5.97 Å². The lowest BCUT2D eigenvalue weighted by molar-refractivity contribution is 0.0492. The van der Waals surface area contributed by atoms with Crippen molar-refractivity contribution in [2.45, 2.75) is 0 Å². The van der Waals surface area contributed by atoms with Gasteiger partial charge in [-0.25, -0.2) is 4.79 Å². The van der Waals surface area contributed by atoms with Crippen LogP contribution in [-0.4, -0.2) is 38.4 Å². The normalized spacial score (nSPS) is 14.0. The quantitative estimate of drug-likeness (QED) is 0.779. The molecular formula is C14H13NO5. The van der Waals surface area contributed by atoms with E-state index in [1.807, 2.05) is 0 Å². The van der Waals surface area contributed by atoms with Gasteiger partial charge in [-0.1, -0.05) is 0 Å². The minimum absolute atomic E-state index is 0.225. The minimum atomic E-state index is -0.429. The van der Waals surface area contributed by atoms with E-state index in [1.165, 1.54) is 6.20 Å². The van der Waals surface area contributed by atoms with Gasteiger partial charge < -0.3 is 18.9 Å². The Balaban J connectivity index is 2.28. The first-order valence-electron chi connectivity index (χ1n) is 6.09. The van der Waals surface area contributed by atoms with Crippen LogP contribution in [-0.2, 0) is 4.74 Å². The summed E-state index contributed by atoms with van der Waals surface area (Å²) >= 11 is 0. The first-order valence-corrected chi connectivity index (χ1v) is 6.09. The highest BCUT2D eigenvalue weighted by atomic mass is 16.6. The SMILES string of the molecule is COc1cc2ncc3c(c2cc1OC)OCCOC3=O. The third-order valence-electron chi connectivity index (χ3n) is 3.11. The molecule has 0 atom stereocenters. The van der Waals surface area contributed by atoms with Crippen LogP contribution in [0.15, 0.2) is 18.3 Å². The van der Waals surface area contributed by atoms with Crippen LogP contribution in [0.1, 0.15) is 10.4 Å². The number of cyclic esters (lactones) is 1. The zero-order valence-corrected chi connectivity index (χ0v) is 11.1. The molecule has 20 heavy (non-hydrogen) atoms. The number of benzene rings is 1. The highest BCUT2D eigenvalue weighted by Gasteiger charge is 2.22. The van der Waals surface area contributed by atoms with E-state index in [-0.39, 0.29) is 6.61 Å². The monoisotopic (exact) mass is 275 g/mol. The number of ether oxygens (including phenoxy) is 4. The number of esters is 1. The molecule has 0 saturated heterocycles. The van der Waals surface area contributed by atoms with Crippen molar-refractivity contribution >= 4 is 16.9 Å². The summed E-state index contributed by atoms with van der Waals surface area (Å²) in [5, 5.41) is 0.694. The van der Waals surface area contributed by atoms with Crippen LogP contribution in [0.3, 0.4) is 0 Å². The Kier molecular flexibility index (Phi) is 3.06. The van der Waals surface area contributed by atoms with E-state index in [0.717, 1.165) is 0 Å². The Morgan fingerprint density at radius 3 is 2.55 bits per heavy atom. The molecule has 1 aromatic carbocycles. The minimum Gasteiger partial charge on any atom is -0.493 e. The fourth-order valence-electron chi connectivity index (χ4n) is 2.15. The molecule has 6 nitrogen and oxygen atoms in total. The first kappa shape index (κ1) is 12.5. The van der Waals surface area contributed by atoms with Crippen LogP contribution < -0.4 is 14.2 Å². The molecule has 0 fully saturated rings. The number of carbonyl (C=O) groups is 1. The van der Waals surface area contributed by atoms with Crippen molar-refractivity contribution < 1.29 is 23.7 Å². The summed E-state index contributed by atoms with van der Waals surface area (Å²) in [6, 6.07) is 3.49. The summed E-state index contributed by atoms with van der Waals surface area (Å²) in [6.07, 6.45) is 1.46. The van der Waals surface area contributed by atoms with E-state index in [2.05, 4.69) is 4.98 Å². The second-order valence-electron chi connectivity index (χ2n) is 4.21. The number of methoxy groups -OCH3 is 2. The van der Waals surface area contributed by atoms with E-state index in [4.69, 9.17) is 18.9 Å². The zero-order chi connectivity index (χ0) is 14.1. The van der Waals surface area contributed by atoms with Crippen molar-refractivity contribution in [3.05, 3.63) is 23.9 Å². The highest BCUT2D eigenvalue weighted by molar-refractivity contribution is 6.00. The largest absolute Gasteiger partial charge is 0.493 e. The van der Waals surface area contributed by atoms with Crippen LogP contribution >= 0.6 is 0 Å². The summed E-state index contributed by atoms with van der Waals surface area (Å²) in [6.45, 7) is 0.536. The molecular weight excluding hydrogens is 262 g/mol. The van der Waals surface area contributed by atoms with Gasteiger partial charge >= 0.3 is 5.97 Å². The van der Waals surface area contributed by atoms with Crippen molar-refractivity contribution in [2.75, 3.05) is 27.4 Å². The molecule has 0 unspecified atom stereocenters. The van der Waals surface area contributed by atoms with Crippen LogP contribution in [0.4, 0.5) is 0 Å². The van der Waals surface area contributed by atoms with E-state index in [9.17, 15) is 4.79 Å². The lowest BCUT2D eigenvalue weighted by atomic mass is 10.1. The fraction of sp³-hybridized carbons (Fsp3) is 0.286. The van der Waals surface area contributed by atoms with Gasteiger partial charge in [0.25, 0.3) is 0 Å². The summed E-state index contributed by atoms with van der Waals surface area (Å²) in [7, 11) is 3.11. The third-order valence-corrected chi connectivity index (χ3v) is 3.11. The van der Waals surface area contributed by atoms with Gasteiger partial charge in [-0.3, -0.25) is 4.98 Å². The van der Waals surface area contributed by atoms with Crippen LogP contribution in [0, 0.1) is 0 Å². The maximum absolute atomic E-state index is 11.8. The molecule has 1 aromatic heterocycles. The molecule has 2 heterocycles. The van der Waals surface area contributed by atoms with Crippen molar-refractivity contribution in [1.29, 1.82) is 0 Å². The highest BCUT2D eigenvalue weighted by Crippen LogP contribution is 2.37. The number of rotatable bonds is 2. The zero-order valence-electron chi connectivity index (χ0n) is 11.1. The second kappa shape index (κ2) is 4.88. The fourth-order valence-corrected chi connectivity index (χ4v) is 2.15. The predicted molar refractivity (Wildman–Crippen MR) is 70.6 cm³/mol. The molecule has 2 aromatic rings. The molecule has 0 saturated carbocycles. The lowest BCUT2D eigenvalue weighted by Gasteiger charge is -2.12. The molecule has 1 aliphatic heterocycles. The first-order chi connectivity index (χ1) is 9.74. The maximum Gasteiger partial charge on any atom is 0.343 e. The standard InChI is InChI=1S/C14H13NO5/c1-17-11-5-8-10(6-12(11)18-2)15-7-9-13(8)19-3-4-20-14(9)16/h5-7H,3-4H2,1-2H3. The number of fused-ring (bicyclic) bond motifs is 3. The van der Waals surface area contributed by atoms with Crippen LogP contribution in [0.25, 0.3) is 10.9 Å². The average molecular weight is 275 g/mol. The molecule has 0 N–H and O–H groups in total. The van der Waals surface area contributed by atoms with Crippen molar-refractivity contribution in [3.8, 4) is 17.2 Å². The van der Waals surface area contributed by atoms with Crippen LogP contribution in [0.5, 0.6) is 17.2 Å². The summed E-state index contributed by atoms with van der Waals surface area (Å²) in [5.74, 6) is 1.17. The van der Waals surface area contributed by atoms with E-state index >= 15 is 0 Å². The lowest BCUT2D eigenvalue weighted by Crippen LogP contribution is -2.05. The average Bonchev–Trinajstić information content (AvgIpc) is 2.67. The van der Waals surface area contributed by atoms with Gasteiger partial charge in [0, 0.05) is 17.6 Å². The Labute approximate surface area is 115 Å². The van der Waals surface area contributed by atoms with Gasteiger partial charge in [-0.05, 0) is 6.07 Å². The maximum atomic E-state index is 11.8. The van der Waals surface area contributed by atoms with Gasteiger partial charge in [0.05, 0.1) is 19.7 Å². The Morgan fingerprint density at radius 1 is 1.10 bits per heavy atom. The second-order valence-corrected chi connectivity index (χ2v) is 4.21. The molecule has 0 radical (unpaired) electrons. The van der Waals surface area contributed by atoms with Crippen molar-refractivity contribution in [2.24, 2.45) is 0 Å². The molecule has 6 heteroatoms. The number of hydrogen-bond acceptors (Lipinski definition) is 6. The Bertz CT molecular complexity index is 683. The molecule has 0 spiro atoms. The van der Waals surface area contributed by atoms with Gasteiger partial charge in [0.15, 0.2) is 11.5 Å². The van der Waals surface area contributed by atoms with Crippen molar-refractivity contribution in [1.82, 2.24) is 4.98 Å². The molecule has 0 aliphatic carbocycles. The number of pyridine rings is 1. The molecule has 0 amide bonds. The van der Waals surface area contributed by atoms with E-state index in [1.54, 1.807) is 26.4 Å². The summed E-state index contributed by atoms with van der Waals surface area (Å²) in [4.78, 5) is 16.1. The summed E-state index contributed by atoms with van der Waals surface area (Å²) in [5.41, 5.74) is 0.985. The number of carbonyl (C=O) groups excluding carboxylic acids is 1. The van der Waals surface area contributed by atoms with Gasteiger partial charge in [0.2, 0.25) is 0 Å². The molecule has 3 rings (SSSR count). The van der Waals surface area contributed by atoms with Crippen molar-refractivity contribution in [3.63, 3.8) is 0 Å². The number of nitrogens with zero attached hydrogens (tertiary/aromatic N) is 1. The Hall–Kier alpha value is -2.50. The van der Waals surface area contributed by atoms with Gasteiger partial charge in [-0.2, -0.15) is 0 Å². The Morgan fingerprint density at radius 2 is 1.80 bits per heavy atom. The van der Waals surface area contributed by atoms with Crippen LogP contribution in [0.2, 0.25) is 0 Å². The summed E-state index contributed by atoms with van der Waals surface area (Å²) < 4.78 is 21.1. The predicted octanol–water partition coefficient (Wildman–Crippen LogP) is 1.80. The third kappa shape index (κ3) is 1.89. The van der Waals surface area contributed by atoms with Gasteiger partial charge in [0.1, 0.15) is 24.5 Å². The smallest absolute Gasteiger partial charge is 0.343 e. The topological polar surface area (TPSA) is 66.9 Å². The number of aromatic nitrogens is 1. The van der Waals surface area contributed by atoms with E-state index in [0.29, 0.717) is 40.3 Å². The number of hydrogen-bond donors (Lipinski definition) is 0. The van der Waals surface area contributed by atoms with Gasteiger partial charge in [-0.15, -0.1) is 0 Å².